The standard InChI is InChI=1S/C16H22N4/c17-12-14-11-13-5-4-6-15(13)19-16(14)18-7-10-20-8-2-1-3-9-20/h11H,1-10H2,(H,18,19). The molecule has 0 saturated carbocycles. The second kappa shape index (κ2) is 6.23. The molecule has 4 nitrogen and oxygen atoms in total. The number of piperidine rings is 1. The Hall–Kier alpha value is -1.60. The summed E-state index contributed by atoms with van der Waals surface area (Å²) in [4.78, 5) is 7.15. The maximum atomic E-state index is 9.26. The van der Waals surface area contributed by atoms with Crippen LogP contribution < -0.4 is 5.32 Å². The minimum Gasteiger partial charge on any atom is -0.368 e. The molecule has 4 heteroatoms. The lowest BCUT2D eigenvalue weighted by Crippen LogP contribution is -2.33. The van der Waals surface area contributed by atoms with Crippen molar-refractivity contribution in [2.24, 2.45) is 0 Å². The summed E-state index contributed by atoms with van der Waals surface area (Å²) in [5.74, 6) is 0.783. The summed E-state index contributed by atoms with van der Waals surface area (Å²) in [5, 5.41) is 12.6. The highest BCUT2D eigenvalue weighted by Gasteiger charge is 2.16. The number of nitrogens with one attached hydrogen (secondary N) is 1. The number of pyridine rings is 1. The molecule has 1 N–H and O–H groups in total. The third-order valence-electron chi connectivity index (χ3n) is 4.34. The normalized spacial score (nSPS) is 18.6. The van der Waals surface area contributed by atoms with E-state index in [0.29, 0.717) is 5.56 Å². The number of anilines is 1. The molecule has 106 valence electrons. The smallest absolute Gasteiger partial charge is 0.144 e. The zero-order chi connectivity index (χ0) is 13.8. The van der Waals surface area contributed by atoms with E-state index in [1.54, 1.807) is 0 Å². The van der Waals surface area contributed by atoms with Crippen LogP contribution in [0.15, 0.2) is 6.07 Å². The van der Waals surface area contributed by atoms with Gasteiger partial charge < -0.3 is 10.2 Å². The van der Waals surface area contributed by atoms with Crippen molar-refractivity contribution in [2.45, 2.75) is 38.5 Å². The van der Waals surface area contributed by atoms with E-state index in [4.69, 9.17) is 0 Å². The molecule has 1 aromatic heterocycles. The van der Waals surface area contributed by atoms with E-state index in [1.165, 1.54) is 50.0 Å². The van der Waals surface area contributed by atoms with Gasteiger partial charge in [-0.05, 0) is 56.8 Å². The molecular formula is C16H22N4. The molecule has 0 radical (unpaired) electrons. The van der Waals surface area contributed by atoms with Gasteiger partial charge in [0.1, 0.15) is 11.9 Å². The van der Waals surface area contributed by atoms with Gasteiger partial charge in [-0.2, -0.15) is 5.26 Å². The lowest BCUT2D eigenvalue weighted by molar-refractivity contribution is 0.237. The molecule has 0 bridgehead atoms. The molecule has 20 heavy (non-hydrogen) atoms. The van der Waals surface area contributed by atoms with Gasteiger partial charge in [0, 0.05) is 18.8 Å². The molecule has 2 heterocycles. The molecule has 0 amide bonds. The van der Waals surface area contributed by atoms with E-state index in [9.17, 15) is 5.26 Å². The lowest BCUT2D eigenvalue weighted by atomic mass is 10.1. The third-order valence-corrected chi connectivity index (χ3v) is 4.34. The van der Waals surface area contributed by atoms with E-state index in [2.05, 4.69) is 21.3 Å². The molecule has 1 aromatic rings. The fourth-order valence-electron chi connectivity index (χ4n) is 3.21. The van der Waals surface area contributed by atoms with Gasteiger partial charge in [-0.1, -0.05) is 6.42 Å². The number of hydrogen-bond donors (Lipinski definition) is 1. The Labute approximate surface area is 120 Å². The topological polar surface area (TPSA) is 52.0 Å². The third kappa shape index (κ3) is 2.94. The van der Waals surface area contributed by atoms with Crippen LogP contribution in [-0.4, -0.2) is 36.1 Å². The van der Waals surface area contributed by atoms with Gasteiger partial charge in [-0.25, -0.2) is 4.98 Å². The maximum absolute atomic E-state index is 9.26. The van der Waals surface area contributed by atoms with Crippen LogP contribution in [0.2, 0.25) is 0 Å². The largest absolute Gasteiger partial charge is 0.368 e. The van der Waals surface area contributed by atoms with Gasteiger partial charge in [-0.3, -0.25) is 0 Å². The molecule has 0 atom stereocenters. The van der Waals surface area contributed by atoms with Gasteiger partial charge in [0.05, 0.1) is 5.56 Å². The highest BCUT2D eigenvalue weighted by molar-refractivity contribution is 5.55. The first kappa shape index (κ1) is 13.4. The van der Waals surface area contributed by atoms with E-state index >= 15 is 0 Å². The van der Waals surface area contributed by atoms with Gasteiger partial charge in [0.15, 0.2) is 0 Å². The summed E-state index contributed by atoms with van der Waals surface area (Å²) in [5.41, 5.74) is 3.15. The molecule has 0 spiro atoms. The Morgan fingerprint density at radius 3 is 2.85 bits per heavy atom. The fourth-order valence-corrected chi connectivity index (χ4v) is 3.21. The summed E-state index contributed by atoms with van der Waals surface area (Å²) >= 11 is 0. The van der Waals surface area contributed by atoms with Crippen molar-refractivity contribution >= 4 is 5.82 Å². The number of aromatic nitrogens is 1. The maximum Gasteiger partial charge on any atom is 0.144 e. The number of fused-ring (bicyclic) bond motifs is 1. The fraction of sp³-hybridized carbons (Fsp3) is 0.625. The van der Waals surface area contributed by atoms with Crippen LogP contribution in [0.4, 0.5) is 5.82 Å². The van der Waals surface area contributed by atoms with Crippen molar-refractivity contribution in [1.29, 1.82) is 5.26 Å². The predicted octanol–water partition coefficient (Wildman–Crippen LogP) is 2.34. The van der Waals surface area contributed by atoms with Crippen molar-refractivity contribution in [3.05, 3.63) is 22.9 Å². The van der Waals surface area contributed by atoms with Gasteiger partial charge in [-0.15, -0.1) is 0 Å². The number of nitriles is 1. The van der Waals surface area contributed by atoms with Crippen LogP contribution >= 0.6 is 0 Å². The van der Waals surface area contributed by atoms with Crippen LogP contribution in [0.1, 0.15) is 42.5 Å². The SMILES string of the molecule is N#Cc1cc2c(nc1NCCN1CCCCC1)CCC2. The molecule has 1 aliphatic heterocycles. The average molecular weight is 270 g/mol. The van der Waals surface area contributed by atoms with E-state index in [0.717, 1.165) is 31.7 Å². The number of nitrogens with zero attached hydrogens (tertiary/aromatic N) is 3. The monoisotopic (exact) mass is 270 g/mol. The minimum absolute atomic E-state index is 0.698. The molecule has 1 saturated heterocycles. The first-order valence-corrected chi connectivity index (χ1v) is 7.76. The number of aryl methyl sites for hydroxylation is 2. The second-order valence-electron chi connectivity index (χ2n) is 5.78. The molecular weight excluding hydrogens is 248 g/mol. The minimum atomic E-state index is 0.698. The summed E-state index contributed by atoms with van der Waals surface area (Å²) in [7, 11) is 0. The van der Waals surface area contributed by atoms with Crippen LogP contribution in [0.3, 0.4) is 0 Å². The quantitative estimate of drug-likeness (QED) is 0.912. The van der Waals surface area contributed by atoms with Crippen molar-refractivity contribution in [2.75, 3.05) is 31.5 Å². The van der Waals surface area contributed by atoms with Crippen molar-refractivity contribution < 1.29 is 0 Å². The van der Waals surface area contributed by atoms with Crippen molar-refractivity contribution in [3.63, 3.8) is 0 Å². The van der Waals surface area contributed by atoms with Crippen LogP contribution in [0.25, 0.3) is 0 Å². The summed E-state index contributed by atoms with van der Waals surface area (Å²) in [6.45, 7) is 4.35. The first-order chi connectivity index (χ1) is 9.86. The molecule has 3 rings (SSSR count). The second-order valence-corrected chi connectivity index (χ2v) is 5.78. The number of rotatable bonds is 4. The zero-order valence-corrected chi connectivity index (χ0v) is 12.0. The molecule has 1 aliphatic carbocycles. The molecule has 0 aromatic carbocycles. The molecule has 0 unspecified atom stereocenters. The van der Waals surface area contributed by atoms with E-state index in [1.807, 2.05) is 6.07 Å². The number of likely N-dealkylation sites (tertiary alicyclic amines) is 1. The van der Waals surface area contributed by atoms with Crippen LogP contribution in [0, 0.1) is 11.3 Å². The molecule has 2 aliphatic rings. The van der Waals surface area contributed by atoms with Gasteiger partial charge in [0.25, 0.3) is 0 Å². The zero-order valence-electron chi connectivity index (χ0n) is 12.0. The average Bonchev–Trinajstić information content (AvgIpc) is 2.94. The first-order valence-electron chi connectivity index (χ1n) is 7.76. The summed E-state index contributed by atoms with van der Waals surface area (Å²) < 4.78 is 0. The van der Waals surface area contributed by atoms with E-state index < -0.39 is 0 Å². The van der Waals surface area contributed by atoms with Gasteiger partial charge >= 0.3 is 0 Å². The Bertz CT molecular complexity index is 512. The van der Waals surface area contributed by atoms with Crippen LogP contribution in [0.5, 0.6) is 0 Å². The van der Waals surface area contributed by atoms with Crippen molar-refractivity contribution in [1.82, 2.24) is 9.88 Å². The molecule has 1 fully saturated rings. The highest BCUT2D eigenvalue weighted by Crippen LogP contribution is 2.24. The van der Waals surface area contributed by atoms with Crippen LogP contribution in [-0.2, 0) is 12.8 Å². The summed E-state index contributed by atoms with van der Waals surface area (Å²) in [6, 6.07) is 4.30. The Kier molecular flexibility index (Phi) is 4.17. The number of hydrogen-bond acceptors (Lipinski definition) is 4. The van der Waals surface area contributed by atoms with E-state index in [-0.39, 0.29) is 0 Å². The highest BCUT2D eigenvalue weighted by atomic mass is 15.1. The predicted molar refractivity (Wildman–Crippen MR) is 79.8 cm³/mol. The Morgan fingerprint density at radius 1 is 1.20 bits per heavy atom. The summed E-state index contributed by atoms with van der Waals surface area (Å²) in [6.07, 6.45) is 7.31. The van der Waals surface area contributed by atoms with Gasteiger partial charge in [0.2, 0.25) is 0 Å². The van der Waals surface area contributed by atoms with Crippen molar-refractivity contribution in [3.8, 4) is 6.07 Å². The Balaban J connectivity index is 1.60. The Morgan fingerprint density at radius 2 is 2.05 bits per heavy atom. The lowest BCUT2D eigenvalue weighted by Gasteiger charge is -2.26.